The number of hydrogen-bond acceptors (Lipinski definition) is 3. The number of amides is 1. The Morgan fingerprint density at radius 1 is 1.15 bits per heavy atom. The van der Waals surface area contributed by atoms with Gasteiger partial charge in [-0.3, -0.25) is 4.79 Å². The Bertz CT molecular complexity index is 765. The van der Waals surface area contributed by atoms with Crippen LogP contribution < -0.4 is 19.7 Å². The highest BCUT2D eigenvalue weighted by Crippen LogP contribution is 2.23. The lowest BCUT2D eigenvalue weighted by Crippen LogP contribution is -3.11. The number of halogens is 1. The number of carbonyl (C=O) groups excluding carboxylic acids is 1. The van der Waals surface area contributed by atoms with Crippen molar-refractivity contribution in [3.63, 3.8) is 0 Å². The summed E-state index contributed by atoms with van der Waals surface area (Å²) in [5.41, 5.74) is 2.74. The minimum Gasteiger partial charge on any atom is -0.497 e. The largest absolute Gasteiger partial charge is 0.497 e. The number of methoxy groups -OCH3 is 2. The molecule has 0 bridgehead atoms. The molecule has 1 amide bonds. The molecule has 1 unspecified atom stereocenters. The van der Waals surface area contributed by atoms with Gasteiger partial charge in [0.15, 0.2) is 6.54 Å². The second-order valence-electron chi connectivity index (χ2n) is 6.14. The number of hydrogen-bond donors (Lipinski definition) is 2. The second kappa shape index (κ2) is 9.46. The predicted molar refractivity (Wildman–Crippen MR) is 104 cm³/mol. The third-order valence-corrected chi connectivity index (χ3v) is 4.55. The van der Waals surface area contributed by atoms with E-state index in [0.29, 0.717) is 18.1 Å². The van der Waals surface area contributed by atoms with Crippen LogP contribution in [-0.4, -0.2) is 33.2 Å². The topological polar surface area (TPSA) is 52.0 Å². The average molecular weight is 378 g/mol. The van der Waals surface area contributed by atoms with Crippen molar-refractivity contribution in [2.24, 2.45) is 0 Å². The van der Waals surface area contributed by atoms with Gasteiger partial charge >= 0.3 is 0 Å². The van der Waals surface area contributed by atoms with Crippen LogP contribution in [-0.2, 0) is 11.3 Å². The van der Waals surface area contributed by atoms with Crippen molar-refractivity contribution < 1.29 is 19.2 Å². The van der Waals surface area contributed by atoms with E-state index >= 15 is 0 Å². The third-order valence-electron chi connectivity index (χ3n) is 4.31. The van der Waals surface area contributed by atoms with Crippen molar-refractivity contribution in [3.8, 4) is 11.5 Å². The van der Waals surface area contributed by atoms with E-state index in [9.17, 15) is 4.79 Å². The van der Waals surface area contributed by atoms with Gasteiger partial charge in [0.25, 0.3) is 5.91 Å². The zero-order chi connectivity index (χ0) is 19.1. The summed E-state index contributed by atoms with van der Waals surface area (Å²) in [5, 5.41) is 3.56. The van der Waals surface area contributed by atoms with E-state index in [1.54, 1.807) is 20.3 Å². The van der Waals surface area contributed by atoms with Crippen LogP contribution in [0.4, 0.5) is 5.69 Å². The Balaban J connectivity index is 2.07. The number of benzene rings is 2. The normalized spacial score (nSPS) is 11.7. The Kier molecular flexibility index (Phi) is 7.30. The molecule has 0 aliphatic heterocycles. The molecular formula is C20H26ClN2O3+. The Morgan fingerprint density at radius 3 is 2.58 bits per heavy atom. The number of anilines is 1. The molecule has 2 aromatic rings. The molecule has 2 N–H and O–H groups in total. The van der Waals surface area contributed by atoms with Crippen molar-refractivity contribution in [1.29, 1.82) is 0 Å². The zero-order valence-corrected chi connectivity index (χ0v) is 16.4. The average Bonchev–Trinajstić information content (AvgIpc) is 2.64. The first kappa shape index (κ1) is 20.1. The molecule has 0 fully saturated rings. The molecule has 26 heavy (non-hydrogen) atoms. The van der Waals surface area contributed by atoms with Gasteiger partial charge in [-0.15, -0.1) is 0 Å². The molecule has 0 saturated carbocycles. The highest BCUT2D eigenvalue weighted by molar-refractivity contribution is 6.31. The zero-order valence-electron chi connectivity index (χ0n) is 15.7. The van der Waals surface area contributed by atoms with Gasteiger partial charge in [-0.25, -0.2) is 0 Å². The number of nitrogens with one attached hydrogen (secondary N) is 2. The molecule has 0 heterocycles. The lowest BCUT2D eigenvalue weighted by molar-refractivity contribution is -0.903. The van der Waals surface area contributed by atoms with E-state index in [-0.39, 0.29) is 5.91 Å². The van der Waals surface area contributed by atoms with Crippen molar-refractivity contribution in [1.82, 2.24) is 0 Å². The summed E-state index contributed by atoms with van der Waals surface area (Å²) in [7, 11) is 3.28. The number of likely N-dealkylation sites (N-methyl/N-ethyl adjacent to an activating group) is 1. The van der Waals surface area contributed by atoms with Gasteiger partial charge in [-0.1, -0.05) is 17.7 Å². The Morgan fingerprint density at radius 2 is 1.92 bits per heavy atom. The van der Waals surface area contributed by atoms with Crippen molar-refractivity contribution in [2.45, 2.75) is 20.4 Å². The lowest BCUT2D eigenvalue weighted by atomic mass is 10.1. The Labute approximate surface area is 159 Å². The molecule has 2 rings (SSSR count). The standard InChI is InChI=1S/C20H25ClN2O3/c1-5-23(12-15-10-17(25-3)8-9-19(15)26-4)13-20(24)22-18-11-16(21)7-6-14(18)2/h6-11H,5,12-13H2,1-4H3,(H,22,24)/p+1. The quantitative estimate of drug-likeness (QED) is 0.743. The van der Waals surface area contributed by atoms with E-state index in [2.05, 4.69) is 12.2 Å². The van der Waals surface area contributed by atoms with Crippen LogP contribution in [0.5, 0.6) is 11.5 Å². The maximum Gasteiger partial charge on any atom is 0.279 e. The molecule has 0 aliphatic rings. The summed E-state index contributed by atoms with van der Waals surface area (Å²) in [4.78, 5) is 13.6. The molecular weight excluding hydrogens is 352 g/mol. The first-order chi connectivity index (χ1) is 12.5. The highest BCUT2D eigenvalue weighted by Gasteiger charge is 2.17. The second-order valence-corrected chi connectivity index (χ2v) is 6.58. The van der Waals surface area contributed by atoms with Crippen LogP contribution >= 0.6 is 11.6 Å². The fraction of sp³-hybridized carbons (Fsp3) is 0.350. The molecule has 2 aromatic carbocycles. The van der Waals surface area contributed by atoms with Crippen LogP contribution in [0.3, 0.4) is 0 Å². The minimum absolute atomic E-state index is 0.0471. The summed E-state index contributed by atoms with van der Waals surface area (Å²) >= 11 is 6.02. The minimum atomic E-state index is -0.0471. The first-order valence-electron chi connectivity index (χ1n) is 8.57. The van der Waals surface area contributed by atoms with E-state index in [0.717, 1.165) is 39.8 Å². The molecule has 6 heteroatoms. The summed E-state index contributed by atoms with van der Waals surface area (Å²) in [6.07, 6.45) is 0. The van der Waals surface area contributed by atoms with Gasteiger partial charge in [0.1, 0.15) is 18.0 Å². The third kappa shape index (κ3) is 5.38. The molecule has 0 radical (unpaired) electrons. The van der Waals surface area contributed by atoms with Crippen LogP contribution in [0.15, 0.2) is 36.4 Å². The smallest absolute Gasteiger partial charge is 0.279 e. The van der Waals surface area contributed by atoms with Gasteiger partial charge in [0.2, 0.25) is 0 Å². The van der Waals surface area contributed by atoms with Crippen LogP contribution in [0, 0.1) is 6.92 Å². The number of quaternary nitrogens is 1. The molecule has 5 nitrogen and oxygen atoms in total. The van der Waals surface area contributed by atoms with E-state index in [4.69, 9.17) is 21.1 Å². The fourth-order valence-corrected chi connectivity index (χ4v) is 2.92. The summed E-state index contributed by atoms with van der Waals surface area (Å²) in [6, 6.07) is 11.2. The van der Waals surface area contributed by atoms with Crippen molar-refractivity contribution in [3.05, 3.63) is 52.5 Å². The number of carbonyl (C=O) groups is 1. The van der Waals surface area contributed by atoms with Gasteiger partial charge in [0, 0.05) is 10.7 Å². The van der Waals surface area contributed by atoms with Crippen molar-refractivity contribution >= 4 is 23.2 Å². The van der Waals surface area contributed by atoms with Crippen LogP contribution in [0.25, 0.3) is 0 Å². The van der Waals surface area contributed by atoms with Gasteiger partial charge in [0.05, 0.1) is 26.3 Å². The van der Waals surface area contributed by atoms with Crippen LogP contribution in [0.2, 0.25) is 5.02 Å². The van der Waals surface area contributed by atoms with Crippen molar-refractivity contribution in [2.75, 3.05) is 32.6 Å². The maximum atomic E-state index is 12.5. The molecule has 0 saturated heterocycles. The summed E-state index contributed by atoms with van der Waals surface area (Å²) in [6.45, 7) is 5.82. The lowest BCUT2D eigenvalue weighted by Gasteiger charge is -2.19. The molecule has 0 spiro atoms. The fourth-order valence-electron chi connectivity index (χ4n) is 2.75. The van der Waals surface area contributed by atoms with Gasteiger partial charge in [-0.2, -0.15) is 0 Å². The molecule has 0 aliphatic carbocycles. The van der Waals surface area contributed by atoms with Gasteiger partial charge < -0.3 is 19.7 Å². The molecule has 140 valence electrons. The van der Waals surface area contributed by atoms with E-state index < -0.39 is 0 Å². The predicted octanol–water partition coefficient (Wildman–Crippen LogP) is 2.71. The maximum absolute atomic E-state index is 12.5. The highest BCUT2D eigenvalue weighted by atomic mass is 35.5. The summed E-state index contributed by atoms with van der Waals surface area (Å²) in [5.74, 6) is 1.52. The van der Waals surface area contributed by atoms with Gasteiger partial charge in [-0.05, 0) is 49.7 Å². The number of ether oxygens (including phenoxy) is 2. The molecule has 1 atom stereocenters. The summed E-state index contributed by atoms with van der Waals surface area (Å²) < 4.78 is 10.7. The monoisotopic (exact) mass is 377 g/mol. The first-order valence-corrected chi connectivity index (χ1v) is 8.95. The Hall–Kier alpha value is -2.24. The van der Waals surface area contributed by atoms with E-state index in [1.165, 1.54) is 0 Å². The SMILES string of the molecule is CC[NH+](CC(=O)Nc1cc(Cl)ccc1C)Cc1cc(OC)ccc1OC. The van der Waals surface area contributed by atoms with Crippen LogP contribution in [0.1, 0.15) is 18.1 Å². The number of rotatable bonds is 8. The number of aryl methyl sites for hydroxylation is 1. The molecule has 0 aromatic heterocycles. The van der Waals surface area contributed by atoms with E-state index in [1.807, 2.05) is 37.3 Å².